The molecule has 17 heavy (non-hydrogen) atoms. The summed E-state index contributed by atoms with van der Waals surface area (Å²) in [6, 6.07) is 4.82. The average molecular weight is 230 g/mol. The highest BCUT2D eigenvalue weighted by Crippen LogP contribution is 2.31. The van der Waals surface area contributed by atoms with Crippen LogP contribution in [0.2, 0.25) is 0 Å². The smallest absolute Gasteiger partial charge is 0.0504 e. The van der Waals surface area contributed by atoms with Crippen LogP contribution in [0, 0.1) is 0 Å². The van der Waals surface area contributed by atoms with Gasteiger partial charge in [-0.25, -0.2) is 0 Å². The third-order valence-corrected chi connectivity index (χ3v) is 3.23. The van der Waals surface area contributed by atoms with Gasteiger partial charge in [-0.3, -0.25) is 4.98 Å². The molecule has 0 saturated carbocycles. The van der Waals surface area contributed by atoms with Crippen molar-refractivity contribution in [3.63, 3.8) is 0 Å². The fourth-order valence-corrected chi connectivity index (χ4v) is 2.35. The van der Waals surface area contributed by atoms with Crippen LogP contribution in [0.3, 0.4) is 0 Å². The quantitative estimate of drug-likeness (QED) is 0.621. The number of hydrogen-bond donors (Lipinski definition) is 1. The molecule has 0 aromatic carbocycles. The van der Waals surface area contributed by atoms with Crippen molar-refractivity contribution in [2.24, 2.45) is 0 Å². The van der Waals surface area contributed by atoms with Crippen molar-refractivity contribution in [3.05, 3.63) is 41.7 Å². The van der Waals surface area contributed by atoms with Gasteiger partial charge in [0.05, 0.1) is 5.69 Å². The molecule has 0 bridgehead atoms. The zero-order chi connectivity index (χ0) is 12.1. The van der Waals surface area contributed by atoms with E-state index in [1.807, 2.05) is 12.3 Å². The fraction of sp³-hybridized carbons (Fsp3) is 0.533. The summed E-state index contributed by atoms with van der Waals surface area (Å²) in [5, 5.41) is 3.42. The van der Waals surface area contributed by atoms with Gasteiger partial charge in [-0.05, 0) is 37.4 Å². The highest BCUT2D eigenvalue weighted by molar-refractivity contribution is 5.31. The Hall–Kier alpha value is -1.15. The molecular formula is C15H22N2. The highest BCUT2D eigenvalue weighted by atomic mass is 14.9. The zero-order valence-electron chi connectivity index (χ0n) is 10.8. The Bertz CT molecular complexity index is 382. The molecule has 92 valence electrons. The van der Waals surface area contributed by atoms with Crippen molar-refractivity contribution in [3.8, 4) is 0 Å². The maximum atomic E-state index is 4.50. The molecule has 0 amide bonds. The molecule has 0 radical (unpaired) electrons. The van der Waals surface area contributed by atoms with E-state index in [1.165, 1.54) is 24.1 Å². The predicted octanol–water partition coefficient (Wildman–Crippen LogP) is 3.06. The summed E-state index contributed by atoms with van der Waals surface area (Å²) in [7, 11) is 0. The van der Waals surface area contributed by atoms with Crippen LogP contribution in [0.4, 0.5) is 0 Å². The second kappa shape index (κ2) is 5.97. The third-order valence-electron chi connectivity index (χ3n) is 3.23. The van der Waals surface area contributed by atoms with Gasteiger partial charge in [0, 0.05) is 18.2 Å². The molecule has 1 aliphatic carbocycles. The molecule has 1 N–H and O–H groups in total. The van der Waals surface area contributed by atoms with Gasteiger partial charge in [0.25, 0.3) is 0 Å². The fourth-order valence-electron chi connectivity index (χ4n) is 2.35. The van der Waals surface area contributed by atoms with Crippen molar-refractivity contribution in [1.82, 2.24) is 10.3 Å². The summed E-state index contributed by atoms with van der Waals surface area (Å²) in [5.74, 6) is 0.547. The summed E-state index contributed by atoms with van der Waals surface area (Å²) < 4.78 is 0. The van der Waals surface area contributed by atoms with Crippen LogP contribution in [0.15, 0.2) is 30.5 Å². The molecule has 0 aliphatic heterocycles. The van der Waals surface area contributed by atoms with Crippen LogP contribution in [0.5, 0.6) is 0 Å². The molecule has 1 atom stereocenters. The molecule has 1 aromatic heterocycles. The highest BCUT2D eigenvalue weighted by Gasteiger charge is 2.20. The lowest BCUT2D eigenvalue weighted by atomic mass is 10.1. The number of pyridine rings is 1. The Morgan fingerprint density at radius 2 is 2.41 bits per heavy atom. The topological polar surface area (TPSA) is 24.9 Å². The number of hydrogen-bond acceptors (Lipinski definition) is 2. The van der Waals surface area contributed by atoms with Crippen molar-refractivity contribution in [1.29, 1.82) is 0 Å². The third kappa shape index (κ3) is 3.40. The lowest BCUT2D eigenvalue weighted by Gasteiger charge is -2.06. The molecular weight excluding hydrogens is 208 g/mol. The van der Waals surface area contributed by atoms with E-state index >= 15 is 0 Å². The maximum absolute atomic E-state index is 4.50. The van der Waals surface area contributed by atoms with E-state index in [9.17, 15) is 0 Å². The summed E-state index contributed by atoms with van der Waals surface area (Å²) in [4.78, 5) is 4.50. The largest absolute Gasteiger partial charge is 0.314 e. The predicted molar refractivity (Wildman–Crippen MR) is 72.2 cm³/mol. The van der Waals surface area contributed by atoms with Gasteiger partial charge in [0.2, 0.25) is 0 Å². The van der Waals surface area contributed by atoms with E-state index in [4.69, 9.17) is 0 Å². The van der Waals surface area contributed by atoms with Gasteiger partial charge in [-0.2, -0.15) is 0 Å². The van der Waals surface area contributed by atoms with Crippen molar-refractivity contribution < 1.29 is 0 Å². The molecule has 2 heteroatoms. The van der Waals surface area contributed by atoms with E-state index in [2.05, 4.69) is 42.4 Å². The van der Waals surface area contributed by atoms with Crippen molar-refractivity contribution >= 4 is 0 Å². The SMILES string of the molecule is CC(C)NCCC=CC1CCc2cccnc21. The Kier molecular flexibility index (Phi) is 4.32. The zero-order valence-corrected chi connectivity index (χ0v) is 10.8. The Balaban J connectivity index is 1.83. The van der Waals surface area contributed by atoms with Crippen LogP contribution in [0.25, 0.3) is 0 Å². The second-order valence-electron chi connectivity index (χ2n) is 5.02. The number of nitrogens with one attached hydrogen (secondary N) is 1. The molecule has 1 unspecified atom stereocenters. The van der Waals surface area contributed by atoms with E-state index in [0.717, 1.165) is 13.0 Å². The van der Waals surface area contributed by atoms with Gasteiger partial charge in [0.1, 0.15) is 0 Å². The molecule has 1 heterocycles. The summed E-state index contributed by atoms with van der Waals surface area (Å²) in [5.41, 5.74) is 2.73. The molecule has 1 aliphatic rings. The minimum atomic E-state index is 0.547. The maximum Gasteiger partial charge on any atom is 0.0504 e. The monoisotopic (exact) mass is 230 g/mol. The van der Waals surface area contributed by atoms with Gasteiger partial charge >= 0.3 is 0 Å². The minimum absolute atomic E-state index is 0.547. The standard InChI is InChI=1S/C15H22N2/c1-12(2)16-10-4-3-6-13-8-9-14-7-5-11-17-15(13)14/h3,5-7,11-13,16H,4,8-10H2,1-2H3. The first-order valence-corrected chi connectivity index (χ1v) is 6.61. The van der Waals surface area contributed by atoms with Gasteiger partial charge in [-0.1, -0.05) is 32.1 Å². The minimum Gasteiger partial charge on any atom is -0.314 e. The number of allylic oxidation sites excluding steroid dienone is 1. The van der Waals surface area contributed by atoms with Crippen LogP contribution >= 0.6 is 0 Å². The number of nitrogens with zero attached hydrogens (tertiary/aromatic N) is 1. The van der Waals surface area contributed by atoms with Crippen LogP contribution in [0.1, 0.15) is 43.9 Å². The van der Waals surface area contributed by atoms with E-state index in [0.29, 0.717) is 12.0 Å². The number of aryl methyl sites for hydroxylation is 1. The first-order chi connectivity index (χ1) is 8.27. The number of fused-ring (bicyclic) bond motifs is 1. The van der Waals surface area contributed by atoms with Gasteiger partial charge < -0.3 is 5.32 Å². The molecule has 0 spiro atoms. The van der Waals surface area contributed by atoms with Gasteiger partial charge in [0.15, 0.2) is 0 Å². The first-order valence-electron chi connectivity index (χ1n) is 6.61. The second-order valence-corrected chi connectivity index (χ2v) is 5.02. The molecule has 2 nitrogen and oxygen atoms in total. The molecule has 1 aromatic rings. The van der Waals surface area contributed by atoms with Crippen LogP contribution in [-0.4, -0.2) is 17.6 Å². The molecule has 0 fully saturated rings. The summed E-state index contributed by atoms with van der Waals surface area (Å²) in [6.45, 7) is 5.43. The Labute approximate surface area is 104 Å². The van der Waals surface area contributed by atoms with Crippen LogP contribution < -0.4 is 5.32 Å². The normalized spacial score (nSPS) is 19.1. The first kappa shape index (κ1) is 12.3. The lowest BCUT2D eigenvalue weighted by molar-refractivity contribution is 0.594. The number of rotatable bonds is 5. The van der Waals surface area contributed by atoms with Crippen molar-refractivity contribution in [2.45, 2.75) is 45.1 Å². The Morgan fingerprint density at radius 1 is 1.53 bits per heavy atom. The van der Waals surface area contributed by atoms with Gasteiger partial charge in [-0.15, -0.1) is 0 Å². The van der Waals surface area contributed by atoms with E-state index in [-0.39, 0.29) is 0 Å². The Morgan fingerprint density at radius 3 is 3.24 bits per heavy atom. The summed E-state index contributed by atoms with van der Waals surface area (Å²) in [6.07, 6.45) is 10.1. The molecule has 2 rings (SSSR count). The number of aromatic nitrogens is 1. The molecule has 0 saturated heterocycles. The van der Waals surface area contributed by atoms with Crippen LogP contribution in [-0.2, 0) is 6.42 Å². The van der Waals surface area contributed by atoms with Crippen molar-refractivity contribution in [2.75, 3.05) is 6.54 Å². The summed E-state index contributed by atoms with van der Waals surface area (Å²) >= 11 is 0. The average Bonchev–Trinajstić information content (AvgIpc) is 2.72. The van der Waals surface area contributed by atoms with E-state index in [1.54, 1.807) is 0 Å². The lowest BCUT2D eigenvalue weighted by Crippen LogP contribution is -2.23. The van der Waals surface area contributed by atoms with E-state index < -0.39 is 0 Å².